The molecule has 0 spiro atoms. The van der Waals surface area contributed by atoms with Crippen LogP contribution in [0.1, 0.15) is 37.3 Å². The Morgan fingerprint density at radius 2 is 1.86 bits per heavy atom. The van der Waals surface area contributed by atoms with Gasteiger partial charge in [-0.15, -0.1) is 13.2 Å². The SMILES string of the molecule is CCOc1ccc(OC(F)(F)F)cc1CC1(c2ccccc2)CCCCN1N. The van der Waals surface area contributed by atoms with E-state index in [1.807, 2.05) is 42.3 Å². The first-order chi connectivity index (χ1) is 13.3. The van der Waals surface area contributed by atoms with E-state index in [0.29, 0.717) is 24.3 Å². The van der Waals surface area contributed by atoms with Gasteiger partial charge in [0.2, 0.25) is 0 Å². The fraction of sp³-hybridized carbons (Fsp3) is 0.429. The van der Waals surface area contributed by atoms with Crippen molar-refractivity contribution in [1.29, 1.82) is 0 Å². The topological polar surface area (TPSA) is 47.7 Å². The van der Waals surface area contributed by atoms with E-state index in [4.69, 9.17) is 10.6 Å². The van der Waals surface area contributed by atoms with Gasteiger partial charge >= 0.3 is 6.36 Å². The fourth-order valence-electron chi connectivity index (χ4n) is 3.91. The van der Waals surface area contributed by atoms with Crippen molar-refractivity contribution in [3.8, 4) is 11.5 Å². The minimum absolute atomic E-state index is 0.256. The van der Waals surface area contributed by atoms with Crippen LogP contribution >= 0.6 is 0 Å². The van der Waals surface area contributed by atoms with Crippen LogP contribution in [0.2, 0.25) is 0 Å². The van der Waals surface area contributed by atoms with Gasteiger partial charge in [0.05, 0.1) is 12.1 Å². The van der Waals surface area contributed by atoms with Gasteiger partial charge in [0.25, 0.3) is 0 Å². The molecule has 1 aliphatic rings. The third-order valence-electron chi connectivity index (χ3n) is 5.15. The minimum Gasteiger partial charge on any atom is -0.494 e. The Morgan fingerprint density at radius 3 is 2.50 bits per heavy atom. The Labute approximate surface area is 163 Å². The molecule has 28 heavy (non-hydrogen) atoms. The van der Waals surface area contributed by atoms with Crippen molar-refractivity contribution in [3.63, 3.8) is 0 Å². The van der Waals surface area contributed by atoms with E-state index in [2.05, 4.69) is 4.74 Å². The molecule has 1 saturated heterocycles. The molecule has 0 radical (unpaired) electrons. The van der Waals surface area contributed by atoms with E-state index >= 15 is 0 Å². The summed E-state index contributed by atoms with van der Waals surface area (Å²) in [4.78, 5) is 0. The maximum atomic E-state index is 12.7. The van der Waals surface area contributed by atoms with Crippen molar-refractivity contribution in [2.75, 3.05) is 13.2 Å². The standard InChI is InChI=1S/C21H25F3N2O2/c1-2-27-19-11-10-18(28-21(22,23)24)14-16(19)15-20(12-6-7-13-26(20)25)17-8-4-3-5-9-17/h3-5,8-11,14H,2,6-7,12-13,15,25H2,1H3. The van der Waals surface area contributed by atoms with Gasteiger partial charge in [0.1, 0.15) is 11.5 Å². The van der Waals surface area contributed by atoms with Crippen LogP contribution in [-0.2, 0) is 12.0 Å². The van der Waals surface area contributed by atoms with Crippen LogP contribution in [0.5, 0.6) is 11.5 Å². The molecule has 0 saturated carbocycles. The van der Waals surface area contributed by atoms with Gasteiger partial charge in [0.15, 0.2) is 0 Å². The van der Waals surface area contributed by atoms with Gasteiger partial charge in [-0.2, -0.15) is 0 Å². The molecule has 0 amide bonds. The van der Waals surface area contributed by atoms with Gasteiger partial charge in [-0.05, 0) is 49.9 Å². The van der Waals surface area contributed by atoms with Crippen molar-refractivity contribution in [3.05, 3.63) is 59.7 Å². The zero-order chi connectivity index (χ0) is 20.2. The molecule has 1 heterocycles. The number of piperidine rings is 1. The van der Waals surface area contributed by atoms with Crippen molar-refractivity contribution < 1.29 is 22.6 Å². The summed E-state index contributed by atoms with van der Waals surface area (Å²) in [5.74, 6) is 6.73. The quantitative estimate of drug-likeness (QED) is 0.717. The predicted octanol–water partition coefficient (Wildman–Crippen LogP) is 4.78. The second-order valence-electron chi connectivity index (χ2n) is 6.98. The highest BCUT2D eigenvalue weighted by molar-refractivity contribution is 5.43. The average molecular weight is 394 g/mol. The molecule has 1 atom stereocenters. The van der Waals surface area contributed by atoms with Crippen LogP contribution in [0.3, 0.4) is 0 Å². The van der Waals surface area contributed by atoms with E-state index < -0.39 is 11.9 Å². The van der Waals surface area contributed by atoms with Crippen molar-refractivity contribution in [1.82, 2.24) is 5.01 Å². The highest BCUT2D eigenvalue weighted by Gasteiger charge is 2.40. The molecule has 1 fully saturated rings. The Morgan fingerprint density at radius 1 is 1.11 bits per heavy atom. The van der Waals surface area contributed by atoms with Crippen molar-refractivity contribution >= 4 is 0 Å². The van der Waals surface area contributed by atoms with E-state index in [9.17, 15) is 13.2 Å². The summed E-state index contributed by atoms with van der Waals surface area (Å²) in [5, 5.41) is 1.82. The summed E-state index contributed by atoms with van der Waals surface area (Å²) >= 11 is 0. The molecule has 7 heteroatoms. The highest BCUT2D eigenvalue weighted by atomic mass is 19.4. The fourth-order valence-corrected chi connectivity index (χ4v) is 3.91. The van der Waals surface area contributed by atoms with Crippen LogP contribution in [0.15, 0.2) is 48.5 Å². The second kappa shape index (κ2) is 8.41. The third kappa shape index (κ3) is 4.59. The van der Waals surface area contributed by atoms with Gasteiger partial charge in [-0.25, -0.2) is 5.01 Å². The summed E-state index contributed by atoms with van der Waals surface area (Å²) in [6.07, 6.45) is -1.53. The average Bonchev–Trinajstić information content (AvgIpc) is 2.65. The van der Waals surface area contributed by atoms with E-state index in [1.54, 1.807) is 0 Å². The smallest absolute Gasteiger partial charge is 0.494 e. The Hall–Kier alpha value is -2.25. The maximum Gasteiger partial charge on any atom is 0.573 e. The highest BCUT2D eigenvalue weighted by Crippen LogP contribution is 2.41. The summed E-state index contributed by atoms with van der Waals surface area (Å²) in [6.45, 7) is 2.97. The number of benzene rings is 2. The first-order valence-electron chi connectivity index (χ1n) is 9.43. The number of nitrogens with two attached hydrogens (primary N) is 1. The number of hydrogen-bond acceptors (Lipinski definition) is 4. The number of nitrogens with zero attached hydrogens (tertiary/aromatic N) is 1. The van der Waals surface area contributed by atoms with Gasteiger partial charge in [-0.3, -0.25) is 5.84 Å². The summed E-state index contributed by atoms with van der Waals surface area (Å²) in [5.41, 5.74) is 1.17. The van der Waals surface area contributed by atoms with Crippen molar-refractivity contribution in [2.45, 2.75) is 44.5 Å². The largest absolute Gasteiger partial charge is 0.573 e. The summed E-state index contributed by atoms with van der Waals surface area (Å²) < 4.78 is 47.9. The molecule has 2 aromatic carbocycles. The molecule has 152 valence electrons. The molecule has 1 aliphatic heterocycles. The lowest BCUT2D eigenvalue weighted by atomic mass is 9.77. The maximum absolute atomic E-state index is 12.7. The number of halogens is 3. The predicted molar refractivity (Wildman–Crippen MR) is 101 cm³/mol. The molecule has 2 aromatic rings. The van der Waals surface area contributed by atoms with Crippen LogP contribution in [0.4, 0.5) is 13.2 Å². The molecule has 0 aromatic heterocycles. The number of alkyl halides is 3. The van der Waals surface area contributed by atoms with Crippen LogP contribution in [0.25, 0.3) is 0 Å². The molecule has 4 nitrogen and oxygen atoms in total. The number of rotatable bonds is 6. The third-order valence-corrected chi connectivity index (χ3v) is 5.15. The van der Waals surface area contributed by atoms with E-state index in [-0.39, 0.29) is 5.75 Å². The van der Waals surface area contributed by atoms with Crippen LogP contribution in [0, 0.1) is 0 Å². The Kier molecular flexibility index (Phi) is 6.15. The molecule has 3 rings (SSSR count). The van der Waals surface area contributed by atoms with E-state index in [0.717, 1.165) is 31.4 Å². The molecule has 0 aliphatic carbocycles. The van der Waals surface area contributed by atoms with Gasteiger partial charge in [0, 0.05) is 18.5 Å². The first-order valence-corrected chi connectivity index (χ1v) is 9.43. The monoisotopic (exact) mass is 394 g/mol. The normalized spacial score (nSPS) is 20.8. The zero-order valence-electron chi connectivity index (χ0n) is 15.8. The molecule has 0 bridgehead atoms. The Bertz CT molecular complexity index is 783. The van der Waals surface area contributed by atoms with Crippen LogP contribution < -0.4 is 15.3 Å². The lowest BCUT2D eigenvalue weighted by Gasteiger charge is -2.45. The number of hydrazine groups is 1. The van der Waals surface area contributed by atoms with Gasteiger partial charge < -0.3 is 9.47 Å². The Balaban J connectivity index is 2.03. The summed E-state index contributed by atoms with van der Waals surface area (Å²) in [6, 6.07) is 14.1. The van der Waals surface area contributed by atoms with Gasteiger partial charge in [-0.1, -0.05) is 30.3 Å². The lowest BCUT2D eigenvalue weighted by molar-refractivity contribution is -0.274. The minimum atomic E-state index is -4.74. The molecule has 2 N–H and O–H groups in total. The molecular weight excluding hydrogens is 369 g/mol. The molecule has 1 unspecified atom stereocenters. The second-order valence-corrected chi connectivity index (χ2v) is 6.98. The number of hydrogen-bond donors (Lipinski definition) is 1. The van der Waals surface area contributed by atoms with E-state index in [1.165, 1.54) is 18.2 Å². The van der Waals surface area contributed by atoms with Crippen molar-refractivity contribution in [2.24, 2.45) is 5.84 Å². The van der Waals surface area contributed by atoms with Crippen LogP contribution in [-0.4, -0.2) is 24.5 Å². The molecular formula is C21H25F3N2O2. The first kappa shape index (κ1) is 20.5. The number of ether oxygens (including phenoxy) is 2. The zero-order valence-corrected chi connectivity index (χ0v) is 15.8. The summed E-state index contributed by atoms with van der Waals surface area (Å²) in [7, 11) is 0. The lowest BCUT2D eigenvalue weighted by Crippen LogP contribution is -2.54.